The van der Waals surface area contributed by atoms with Gasteiger partial charge < -0.3 is 0 Å². The number of nitro benzene ring substituents is 1. The largest absolute Gasteiger partial charge is 0.308 e. The predicted octanol–water partition coefficient (Wildman–Crippen LogP) is 2.70. The Bertz CT molecular complexity index is 336. The fraction of sp³-hybridized carbons (Fsp3) is 0.222. The highest BCUT2D eigenvalue weighted by Crippen LogP contribution is 2.27. The summed E-state index contributed by atoms with van der Waals surface area (Å²) in [5.74, 6) is -0.0603. The average Bonchev–Trinajstić information content (AvgIpc) is 2.02. The Kier molecular flexibility index (Phi) is 2.60. The highest BCUT2D eigenvalue weighted by Gasteiger charge is 2.21. The molecule has 1 aromatic carbocycles. The highest BCUT2D eigenvalue weighted by atomic mass is 19.1. The van der Waals surface area contributed by atoms with Crippen molar-refractivity contribution in [2.45, 2.75) is 13.8 Å². The van der Waals surface area contributed by atoms with Gasteiger partial charge >= 0.3 is 5.69 Å². The normalized spacial score (nSPS) is 10.5. The van der Waals surface area contributed by atoms with Gasteiger partial charge in [0.15, 0.2) is 0 Å². The van der Waals surface area contributed by atoms with Gasteiger partial charge in [0, 0.05) is 11.5 Å². The number of hydrogen-bond donors (Lipinski definition) is 0. The van der Waals surface area contributed by atoms with Crippen LogP contribution in [0.4, 0.5) is 10.1 Å². The summed E-state index contributed by atoms with van der Waals surface area (Å²) in [6.45, 7) is 3.42. The molecule has 1 radical (unpaired) electrons. The van der Waals surface area contributed by atoms with Crippen molar-refractivity contribution in [2.24, 2.45) is 0 Å². The van der Waals surface area contributed by atoms with Gasteiger partial charge in [-0.2, -0.15) is 4.39 Å². The maximum Gasteiger partial charge on any atom is 0.308 e. The monoisotopic (exact) mass is 182 g/mol. The van der Waals surface area contributed by atoms with E-state index in [-0.39, 0.29) is 0 Å². The van der Waals surface area contributed by atoms with Crippen LogP contribution in [0.1, 0.15) is 19.4 Å². The van der Waals surface area contributed by atoms with E-state index < -0.39 is 16.4 Å². The highest BCUT2D eigenvalue weighted by molar-refractivity contribution is 5.48. The lowest BCUT2D eigenvalue weighted by atomic mass is 10.0. The predicted molar refractivity (Wildman–Crippen MR) is 46.7 cm³/mol. The molecule has 3 nitrogen and oxygen atoms in total. The van der Waals surface area contributed by atoms with Crippen LogP contribution in [0.5, 0.6) is 0 Å². The number of benzene rings is 1. The van der Waals surface area contributed by atoms with Crippen molar-refractivity contribution in [2.75, 3.05) is 0 Å². The molecule has 0 saturated carbocycles. The summed E-state index contributed by atoms with van der Waals surface area (Å²) in [5, 5.41) is 10.5. The summed E-state index contributed by atoms with van der Waals surface area (Å²) in [7, 11) is 0. The van der Waals surface area contributed by atoms with Crippen LogP contribution in [0.3, 0.4) is 0 Å². The van der Waals surface area contributed by atoms with Crippen LogP contribution in [0.25, 0.3) is 0 Å². The SMILES string of the molecule is C[C](C)c1cccc(F)c1[N+](=O)[O-]. The average molecular weight is 182 g/mol. The lowest BCUT2D eigenvalue weighted by Gasteiger charge is -2.05. The molecule has 0 saturated heterocycles. The molecule has 0 amide bonds. The molecule has 13 heavy (non-hydrogen) atoms. The molecule has 0 fully saturated rings. The quantitative estimate of drug-likeness (QED) is 0.521. The molecular weight excluding hydrogens is 173 g/mol. The number of hydrogen-bond acceptors (Lipinski definition) is 2. The topological polar surface area (TPSA) is 43.1 Å². The molecule has 0 aromatic heterocycles. The van der Waals surface area contributed by atoms with Crippen molar-refractivity contribution in [1.82, 2.24) is 0 Å². The van der Waals surface area contributed by atoms with E-state index >= 15 is 0 Å². The van der Waals surface area contributed by atoms with Crippen LogP contribution in [-0.4, -0.2) is 4.92 Å². The van der Waals surface area contributed by atoms with Crippen molar-refractivity contribution in [3.63, 3.8) is 0 Å². The first-order chi connectivity index (χ1) is 6.04. The van der Waals surface area contributed by atoms with E-state index in [0.29, 0.717) is 5.56 Å². The second-order valence-corrected chi connectivity index (χ2v) is 2.89. The summed E-state index contributed by atoms with van der Waals surface area (Å²) in [5.41, 5.74) is -0.0903. The first kappa shape index (κ1) is 9.64. The molecule has 0 aliphatic heterocycles. The third kappa shape index (κ3) is 1.83. The van der Waals surface area contributed by atoms with E-state index in [1.807, 2.05) is 0 Å². The first-order valence-corrected chi connectivity index (χ1v) is 3.77. The summed E-state index contributed by atoms with van der Waals surface area (Å²) < 4.78 is 13.0. The maximum atomic E-state index is 13.0. The minimum absolute atomic E-state index is 0.352. The molecule has 0 unspecified atom stereocenters. The molecule has 4 heteroatoms. The second kappa shape index (κ2) is 3.51. The maximum absolute atomic E-state index is 13.0. The van der Waals surface area contributed by atoms with Gasteiger partial charge in [0.2, 0.25) is 5.82 Å². The van der Waals surface area contributed by atoms with Gasteiger partial charge in [-0.3, -0.25) is 10.1 Å². The van der Waals surface area contributed by atoms with Crippen molar-refractivity contribution in [3.8, 4) is 0 Å². The van der Waals surface area contributed by atoms with Gasteiger partial charge in [-0.15, -0.1) is 0 Å². The van der Waals surface area contributed by atoms with Gasteiger partial charge in [0.05, 0.1) is 4.92 Å². The van der Waals surface area contributed by atoms with Crippen LogP contribution in [-0.2, 0) is 0 Å². The lowest BCUT2D eigenvalue weighted by Crippen LogP contribution is -2.00. The molecule has 0 spiro atoms. The molecule has 69 valence electrons. The van der Waals surface area contributed by atoms with Gasteiger partial charge in [-0.1, -0.05) is 26.0 Å². The minimum Gasteiger partial charge on any atom is -0.258 e. The summed E-state index contributed by atoms with van der Waals surface area (Å²) in [4.78, 5) is 9.80. The number of para-hydroxylation sites is 1. The van der Waals surface area contributed by atoms with Crippen LogP contribution >= 0.6 is 0 Å². The standard InChI is InChI=1S/C9H9FNO2/c1-6(2)7-4-3-5-8(10)9(7)11(12)13/h3-5H,1-2H3. The zero-order valence-electron chi connectivity index (χ0n) is 7.37. The molecule has 0 atom stereocenters. The molecular formula is C9H9FNO2. The molecule has 0 bridgehead atoms. The van der Waals surface area contributed by atoms with Crippen LogP contribution < -0.4 is 0 Å². The molecule has 1 aromatic rings. The Morgan fingerprint density at radius 1 is 1.46 bits per heavy atom. The second-order valence-electron chi connectivity index (χ2n) is 2.89. The first-order valence-electron chi connectivity index (χ1n) is 3.77. The third-order valence-corrected chi connectivity index (χ3v) is 1.71. The Labute approximate surface area is 75.3 Å². The Balaban J connectivity index is 3.34. The van der Waals surface area contributed by atoms with E-state index in [9.17, 15) is 14.5 Å². The summed E-state index contributed by atoms with van der Waals surface area (Å²) in [6.07, 6.45) is 0. The number of nitro groups is 1. The van der Waals surface area contributed by atoms with Crippen molar-refractivity contribution >= 4 is 5.69 Å². The van der Waals surface area contributed by atoms with Gasteiger partial charge in [0.1, 0.15) is 0 Å². The Morgan fingerprint density at radius 3 is 2.46 bits per heavy atom. The minimum atomic E-state index is -0.788. The van der Waals surface area contributed by atoms with Crippen molar-refractivity contribution in [1.29, 1.82) is 0 Å². The van der Waals surface area contributed by atoms with E-state index in [0.717, 1.165) is 12.0 Å². The van der Waals surface area contributed by atoms with Gasteiger partial charge in [0.25, 0.3) is 0 Å². The smallest absolute Gasteiger partial charge is 0.258 e. The van der Waals surface area contributed by atoms with Gasteiger partial charge in [-0.05, 0) is 6.07 Å². The third-order valence-electron chi connectivity index (χ3n) is 1.71. The van der Waals surface area contributed by atoms with E-state index in [1.165, 1.54) is 12.1 Å². The molecule has 0 heterocycles. The number of halogens is 1. The molecule has 0 aliphatic rings. The summed E-state index contributed by atoms with van der Waals surface area (Å²) >= 11 is 0. The van der Waals surface area contributed by atoms with E-state index in [4.69, 9.17) is 0 Å². The van der Waals surface area contributed by atoms with Crippen LogP contribution in [0.15, 0.2) is 18.2 Å². The number of rotatable bonds is 2. The van der Waals surface area contributed by atoms with E-state index in [1.54, 1.807) is 13.8 Å². The zero-order chi connectivity index (χ0) is 10.0. The Hall–Kier alpha value is -1.45. The molecule has 1 rings (SSSR count). The van der Waals surface area contributed by atoms with E-state index in [2.05, 4.69) is 0 Å². The number of nitrogens with zero attached hydrogens (tertiary/aromatic N) is 1. The summed E-state index contributed by atoms with van der Waals surface area (Å²) in [6, 6.07) is 4.09. The van der Waals surface area contributed by atoms with Crippen molar-refractivity contribution < 1.29 is 9.31 Å². The Morgan fingerprint density at radius 2 is 2.08 bits per heavy atom. The fourth-order valence-corrected chi connectivity index (χ4v) is 1.10. The van der Waals surface area contributed by atoms with Crippen LogP contribution in [0, 0.1) is 21.8 Å². The molecule has 0 aliphatic carbocycles. The van der Waals surface area contributed by atoms with Gasteiger partial charge in [-0.25, -0.2) is 0 Å². The van der Waals surface area contributed by atoms with Crippen molar-refractivity contribution in [3.05, 3.63) is 45.6 Å². The zero-order valence-corrected chi connectivity index (χ0v) is 7.37. The lowest BCUT2D eigenvalue weighted by molar-refractivity contribution is -0.388. The van der Waals surface area contributed by atoms with Crippen LogP contribution in [0.2, 0.25) is 0 Å². The fourth-order valence-electron chi connectivity index (χ4n) is 1.10. The molecule has 0 N–H and O–H groups in total.